The molecule has 1 N–H and O–H groups in total. The molecule has 2 aromatic carbocycles. The number of ether oxygens (including phenoxy) is 1. The Kier molecular flexibility index (Phi) is 8.13. The van der Waals surface area contributed by atoms with E-state index in [0.717, 1.165) is 28.6 Å². The summed E-state index contributed by atoms with van der Waals surface area (Å²) in [7, 11) is -1.87. The molecule has 0 unspecified atom stereocenters. The maximum Gasteiger partial charge on any atom is 0.240 e. The number of sulfonamides is 1. The van der Waals surface area contributed by atoms with E-state index in [9.17, 15) is 8.42 Å². The van der Waals surface area contributed by atoms with Crippen LogP contribution in [0.15, 0.2) is 51.8 Å². The Hall–Kier alpha value is -1.37. The van der Waals surface area contributed by atoms with Crippen LogP contribution in [0.3, 0.4) is 0 Å². The topological polar surface area (TPSA) is 55.4 Å². The van der Waals surface area contributed by atoms with Gasteiger partial charge in [0.2, 0.25) is 10.0 Å². The van der Waals surface area contributed by atoms with Crippen molar-refractivity contribution in [3.63, 3.8) is 0 Å². The summed E-state index contributed by atoms with van der Waals surface area (Å²) in [4.78, 5) is 0.313. The normalized spacial score (nSPS) is 11.5. The lowest BCUT2D eigenvalue weighted by Gasteiger charge is -2.09. The number of benzene rings is 2. The molecule has 0 radical (unpaired) electrons. The van der Waals surface area contributed by atoms with Crippen LogP contribution in [0.4, 0.5) is 0 Å². The lowest BCUT2D eigenvalue weighted by Crippen LogP contribution is -2.26. The first-order chi connectivity index (χ1) is 12.5. The van der Waals surface area contributed by atoms with Gasteiger partial charge in [-0.1, -0.05) is 38.0 Å². The maximum absolute atomic E-state index is 12.4. The molecule has 0 fully saturated rings. The molecule has 0 bridgehead atoms. The zero-order valence-corrected chi connectivity index (χ0v) is 17.7. The van der Waals surface area contributed by atoms with E-state index in [1.54, 1.807) is 19.2 Å². The lowest BCUT2D eigenvalue weighted by molar-refractivity contribution is 0.412. The van der Waals surface area contributed by atoms with Crippen molar-refractivity contribution < 1.29 is 13.2 Å². The minimum Gasteiger partial charge on any atom is -0.496 e. The van der Waals surface area contributed by atoms with E-state index in [4.69, 9.17) is 4.74 Å². The molecule has 0 saturated heterocycles. The van der Waals surface area contributed by atoms with Gasteiger partial charge < -0.3 is 4.74 Å². The van der Waals surface area contributed by atoms with Gasteiger partial charge in [-0.3, -0.25) is 0 Å². The second kappa shape index (κ2) is 10.1. The van der Waals surface area contributed by atoms with Crippen LogP contribution >= 0.6 is 15.9 Å². The Morgan fingerprint density at radius 1 is 1.00 bits per heavy atom. The Bertz CT molecular complexity index is 804. The zero-order valence-electron chi connectivity index (χ0n) is 15.3. The molecule has 0 aliphatic carbocycles. The summed E-state index contributed by atoms with van der Waals surface area (Å²) < 4.78 is 33.6. The molecule has 0 atom stereocenters. The van der Waals surface area contributed by atoms with Gasteiger partial charge in [0.15, 0.2) is 0 Å². The van der Waals surface area contributed by atoms with Gasteiger partial charge in [0.05, 0.1) is 16.5 Å². The highest BCUT2D eigenvalue weighted by Gasteiger charge is 2.13. The number of hydrogen-bond donors (Lipinski definition) is 1. The third kappa shape index (κ3) is 6.11. The molecule has 0 aliphatic rings. The minimum absolute atomic E-state index is 0.313. The fourth-order valence-corrected chi connectivity index (χ4v) is 4.31. The monoisotopic (exact) mass is 439 g/mol. The highest BCUT2D eigenvalue weighted by atomic mass is 79.9. The number of nitrogens with one attached hydrogen (secondary N) is 1. The van der Waals surface area contributed by atoms with Crippen molar-refractivity contribution in [3.05, 3.63) is 58.1 Å². The number of unbranched alkanes of at least 4 members (excludes halogenated alkanes) is 2. The van der Waals surface area contributed by atoms with Crippen molar-refractivity contribution in [3.8, 4) is 5.75 Å². The number of rotatable bonds is 10. The first kappa shape index (κ1) is 20.9. The number of halogens is 1. The number of hydrogen-bond acceptors (Lipinski definition) is 3. The quantitative estimate of drug-likeness (QED) is 0.545. The Labute approximate surface area is 165 Å². The number of aryl methyl sites for hydroxylation is 1. The average Bonchev–Trinajstić information content (AvgIpc) is 2.62. The smallest absolute Gasteiger partial charge is 0.240 e. The van der Waals surface area contributed by atoms with Crippen LogP contribution in [0.2, 0.25) is 0 Å². The summed E-state index contributed by atoms with van der Waals surface area (Å²) in [5.74, 6) is 0.758. The molecule has 0 spiro atoms. The van der Waals surface area contributed by atoms with E-state index in [1.807, 2.05) is 30.3 Å². The highest BCUT2D eigenvalue weighted by molar-refractivity contribution is 9.10. The highest BCUT2D eigenvalue weighted by Crippen LogP contribution is 2.25. The summed E-state index contributed by atoms with van der Waals surface area (Å²) in [6, 6.07) is 12.9. The van der Waals surface area contributed by atoms with Crippen LogP contribution in [0.1, 0.15) is 37.3 Å². The van der Waals surface area contributed by atoms with Crippen LogP contribution in [0.25, 0.3) is 0 Å². The molecular formula is C20H26BrNO3S. The summed E-state index contributed by atoms with van der Waals surface area (Å²) in [5, 5.41) is 0. The summed E-state index contributed by atoms with van der Waals surface area (Å²) in [5.41, 5.74) is 2.21. The van der Waals surface area contributed by atoms with E-state index in [1.165, 1.54) is 18.4 Å². The Morgan fingerprint density at radius 3 is 2.31 bits per heavy atom. The Morgan fingerprint density at radius 2 is 1.69 bits per heavy atom. The van der Waals surface area contributed by atoms with Crippen molar-refractivity contribution in [2.45, 2.75) is 43.9 Å². The predicted molar refractivity (Wildman–Crippen MR) is 109 cm³/mol. The van der Waals surface area contributed by atoms with Crippen molar-refractivity contribution in [2.75, 3.05) is 13.7 Å². The van der Waals surface area contributed by atoms with Crippen molar-refractivity contribution >= 4 is 26.0 Å². The standard InChI is InChI=1S/C20H26BrNO3S/c1-3-4-5-6-16-7-10-18(11-8-16)26(23,24)22-14-13-17-9-12-20(25-2)19(21)15-17/h7-12,15,22H,3-6,13-14H2,1-2H3. The fourth-order valence-electron chi connectivity index (χ4n) is 2.69. The second-order valence-corrected chi connectivity index (χ2v) is 8.84. The average molecular weight is 440 g/mol. The third-order valence-corrected chi connectivity index (χ3v) is 6.32. The second-order valence-electron chi connectivity index (χ2n) is 6.22. The first-order valence-corrected chi connectivity index (χ1v) is 11.1. The molecule has 0 saturated carbocycles. The molecule has 4 nitrogen and oxygen atoms in total. The first-order valence-electron chi connectivity index (χ1n) is 8.87. The van der Waals surface area contributed by atoms with Crippen LogP contribution in [0.5, 0.6) is 5.75 Å². The molecule has 6 heteroatoms. The molecular weight excluding hydrogens is 414 g/mol. The fraction of sp³-hybridized carbons (Fsp3) is 0.400. The molecule has 0 aliphatic heterocycles. The van der Waals surface area contributed by atoms with E-state index < -0.39 is 10.0 Å². The predicted octanol–water partition coefficient (Wildman–Crippen LogP) is 4.71. The van der Waals surface area contributed by atoms with Gasteiger partial charge in [0, 0.05) is 6.54 Å². The van der Waals surface area contributed by atoms with Crippen LogP contribution in [0, 0.1) is 0 Å². The van der Waals surface area contributed by atoms with Crippen LogP contribution in [-0.4, -0.2) is 22.1 Å². The van der Waals surface area contributed by atoms with E-state index in [0.29, 0.717) is 17.9 Å². The van der Waals surface area contributed by atoms with Crippen LogP contribution in [-0.2, 0) is 22.9 Å². The number of methoxy groups -OCH3 is 1. The zero-order chi connectivity index (χ0) is 19.0. The maximum atomic E-state index is 12.4. The molecule has 26 heavy (non-hydrogen) atoms. The molecule has 142 valence electrons. The lowest BCUT2D eigenvalue weighted by atomic mass is 10.1. The van der Waals surface area contributed by atoms with Crippen molar-refractivity contribution in [2.24, 2.45) is 0 Å². The van der Waals surface area contributed by atoms with Gasteiger partial charge in [-0.2, -0.15) is 0 Å². The molecule has 0 heterocycles. The van der Waals surface area contributed by atoms with Gasteiger partial charge in [0.25, 0.3) is 0 Å². The van der Waals surface area contributed by atoms with Crippen LogP contribution < -0.4 is 9.46 Å². The third-order valence-electron chi connectivity index (χ3n) is 4.22. The SMILES string of the molecule is CCCCCc1ccc(S(=O)(=O)NCCc2ccc(OC)c(Br)c2)cc1. The molecule has 0 aromatic heterocycles. The largest absolute Gasteiger partial charge is 0.496 e. The van der Waals surface area contributed by atoms with Gasteiger partial charge in [0.1, 0.15) is 5.75 Å². The minimum atomic E-state index is -3.48. The Balaban J connectivity index is 1.90. The summed E-state index contributed by atoms with van der Waals surface area (Å²) in [6.07, 6.45) is 5.12. The van der Waals surface area contributed by atoms with Gasteiger partial charge in [-0.05, 0) is 70.6 Å². The molecule has 2 aromatic rings. The van der Waals surface area contributed by atoms with E-state index in [-0.39, 0.29) is 0 Å². The van der Waals surface area contributed by atoms with E-state index >= 15 is 0 Å². The summed E-state index contributed by atoms with van der Waals surface area (Å²) >= 11 is 3.44. The van der Waals surface area contributed by atoms with E-state index in [2.05, 4.69) is 27.6 Å². The van der Waals surface area contributed by atoms with Crippen molar-refractivity contribution in [1.29, 1.82) is 0 Å². The van der Waals surface area contributed by atoms with Gasteiger partial charge >= 0.3 is 0 Å². The van der Waals surface area contributed by atoms with Gasteiger partial charge in [-0.15, -0.1) is 0 Å². The molecule has 2 rings (SSSR count). The summed E-state index contributed by atoms with van der Waals surface area (Å²) in [6.45, 7) is 2.52. The van der Waals surface area contributed by atoms with Gasteiger partial charge in [-0.25, -0.2) is 13.1 Å². The van der Waals surface area contributed by atoms with Crippen molar-refractivity contribution in [1.82, 2.24) is 4.72 Å². The molecule has 0 amide bonds.